The number of hydrogen-bond donors (Lipinski definition) is 2. The molecule has 1 heterocycles. The van der Waals surface area contributed by atoms with Crippen LogP contribution in [0.3, 0.4) is 0 Å². The van der Waals surface area contributed by atoms with Crippen molar-refractivity contribution < 1.29 is 14.6 Å². The molecule has 1 aromatic heterocycles. The predicted molar refractivity (Wildman–Crippen MR) is 74.8 cm³/mol. The van der Waals surface area contributed by atoms with E-state index >= 15 is 0 Å². The highest BCUT2D eigenvalue weighted by Crippen LogP contribution is 2.20. The SMILES string of the molecule is C[C@@H](CO)Oc1ccccc1C(=O)Nc1ccn(C)n1. The fourth-order valence-electron chi connectivity index (χ4n) is 1.68. The highest BCUT2D eigenvalue weighted by Gasteiger charge is 2.14. The Morgan fingerprint density at radius 1 is 1.45 bits per heavy atom. The van der Waals surface area contributed by atoms with Crippen LogP contribution in [0.2, 0.25) is 0 Å². The monoisotopic (exact) mass is 275 g/mol. The minimum atomic E-state index is -0.376. The molecule has 20 heavy (non-hydrogen) atoms. The van der Waals surface area contributed by atoms with Crippen LogP contribution in [-0.4, -0.2) is 33.5 Å². The van der Waals surface area contributed by atoms with E-state index in [9.17, 15) is 4.79 Å². The Hall–Kier alpha value is -2.34. The minimum Gasteiger partial charge on any atom is -0.487 e. The number of hydrogen-bond acceptors (Lipinski definition) is 4. The molecular formula is C14H17N3O3. The zero-order valence-corrected chi connectivity index (χ0v) is 11.4. The van der Waals surface area contributed by atoms with Gasteiger partial charge in [-0.1, -0.05) is 12.1 Å². The van der Waals surface area contributed by atoms with Gasteiger partial charge in [0.1, 0.15) is 11.9 Å². The van der Waals surface area contributed by atoms with E-state index in [-0.39, 0.29) is 18.6 Å². The molecule has 0 saturated carbocycles. The molecule has 1 atom stereocenters. The predicted octanol–water partition coefficient (Wildman–Crippen LogP) is 1.43. The lowest BCUT2D eigenvalue weighted by atomic mass is 10.2. The third-order valence-electron chi connectivity index (χ3n) is 2.67. The van der Waals surface area contributed by atoms with Crippen molar-refractivity contribution in [3.05, 3.63) is 42.1 Å². The van der Waals surface area contributed by atoms with Crippen molar-refractivity contribution in [3.8, 4) is 5.75 Å². The second-order valence-corrected chi connectivity index (χ2v) is 4.44. The number of aromatic nitrogens is 2. The van der Waals surface area contributed by atoms with Crippen molar-refractivity contribution in [2.75, 3.05) is 11.9 Å². The number of amides is 1. The maximum Gasteiger partial charge on any atom is 0.260 e. The first-order chi connectivity index (χ1) is 9.60. The smallest absolute Gasteiger partial charge is 0.260 e. The molecule has 6 nitrogen and oxygen atoms in total. The summed E-state index contributed by atoms with van der Waals surface area (Å²) >= 11 is 0. The maximum absolute atomic E-state index is 12.2. The van der Waals surface area contributed by atoms with Gasteiger partial charge in [-0.2, -0.15) is 5.10 Å². The van der Waals surface area contributed by atoms with Gasteiger partial charge in [0.05, 0.1) is 12.2 Å². The number of aryl methyl sites for hydroxylation is 1. The van der Waals surface area contributed by atoms with Crippen LogP contribution in [-0.2, 0) is 7.05 Å². The molecule has 2 rings (SSSR count). The number of nitrogens with one attached hydrogen (secondary N) is 1. The van der Waals surface area contributed by atoms with Crippen LogP contribution in [0, 0.1) is 0 Å². The number of rotatable bonds is 5. The average molecular weight is 275 g/mol. The van der Waals surface area contributed by atoms with Crippen molar-refractivity contribution >= 4 is 11.7 Å². The fourth-order valence-corrected chi connectivity index (χ4v) is 1.68. The lowest BCUT2D eigenvalue weighted by Crippen LogP contribution is -2.20. The van der Waals surface area contributed by atoms with Crippen molar-refractivity contribution in [1.82, 2.24) is 9.78 Å². The Balaban J connectivity index is 2.16. The van der Waals surface area contributed by atoms with Crippen LogP contribution in [0.1, 0.15) is 17.3 Å². The molecule has 106 valence electrons. The van der Waals surface area contributed by atoms with E-state index in [0.717, 1.165) is 0 Å². The lowest BCUT2D eigenvalue weighted by molar-refractivity contribution is 0.100. The second-order valence-electron chi connectivity index (χ2n) is 4.44. The van der Waals surface area contributed by atoms with Gasteiger partial charge in [-0.05, 0) is 19.1 Å². The summed E-state index contributed by atoms with van der Waals surface area (Å²) in [4.78, 5) is 12.2. The Labute approximate surface area is 117 Å². The van der Waals surface area contributed by atoms with Gasteiger partial charge in [0.15, 0.2) is 5.82 Å². The van der Waals surface area contributed by atoms with E-state index in [4.69, 9.17) is 9.84 Å². The van der Waals surface area contributed by atoms with Crippen molar-refractivity contribution in [1.29, 1.82) is 0 Å². The van der Waals surface area contributed by atoms with E-state index in [2.05, 4.69) is 10.4 Å². The van der Waals surface area contributed by atoms with Gasteiger partial charge >= 0.3 is 0 Å². The highest BCUT2D eigenvalue weighted by molar-refractivity contribution is 6.05. The van der Waals surface area contributed by atoms with Crippen molar-refractivity contribution in [3.63, 3.8) is 0 Å². The summed E-state index contributed by atoms with van der Waals surface area (Å²) in [6.07, 6.45) is 1.37. The first kappa shape index (κ1) is 14.1. The molecule has 0 fully saturated rings. The van der Waals surface area contributed by atoms with Crippen LogP contribution >= 0.6 is 0 Å². The van der Waals surface area contributed by atoms with Crippen molar-refractivity contribution in [2.45, 2.75) is 13.0 Å². The third-order valence-corrected chi connectivity index (χ3v) is 2.67. The molecule has 2 N–H and O–H groups in total. The minimum absolute atomic E-state index is 0.115. The lowest BCUT2D eigenvalue weighted by Gasteiger charge is -2.15. The molecule has 6 heteroatoms. The molecule has 0 aliphatic carbocycles. The molecule has 1 amide bonds. The zero-order chi connectivity index (χ0) is 14.5. The molecule has 0 aliphatic heterocycles. The molecule has 2 aromatic rings. The highest BCUT2D eigenvalue weighted by atomic mass is 16.5. The number of anilines is 1. The van der Waals surface area contributed by atoms with E-state index in [1.165, 1.54) is 0 Å². The summed E-state index contributed by atoms with van der Waals surface area (Å²) < 4.78 is 7.13. The Morgan fingerprint density at radius 2 is 2.20 bits per heavy atom. The largest absolute Gasteiger partial charge is 0.487 e. The summed E-state index contributed by atoms with van der Waals surface area (Å²) in [6.45, 7) is 1.61. The van der Waals surface area contributed by atoms with Crippen LogP contribution < -0.4 is 10.1 Å². The molecule has 0 spiro atoms. The Morgan fingerprint density at radius 3 is 2.85 bits per heavy atom. The topological polar surface area (TPSA) is 76.4 Å². The van der Waals surface area contributed by atoms with E-state index in [1.54, 1.807) is 55.2 Å². The summed E-state index contributed by atoms with van der Waals surface area (Å²) in [5.41, 5.74) is 0.401. The molecule has 0 unspecified atom stereocenters. The van der Waals surface area contributed by atoms with Gasteiger partial charge < -0.3 is 15.2 Å². The number of aliphatic hydroxyl groups excluding tert-OH is 1. The van der Waals surface area contributed by atoms with Gasteiger partial charge in [0, 0.05) is 19.3 Å². The second kappa shape index (κ2) is 6.21. The first-order valence-corrected chi connectivity index (χ1v) is 6.27. The van der Waals surface area contributed by atoms with Crippen molar-refractivity contribution in [2.24, 2.45) is 7.05 Å². The van der Waals surface area contributed by atoms with Crippen LogP contribution in [0.25, 0.3) is 0 Å². The van der Waals surface area contributed by atoms with Crippen LogP contribution in [0.5, 0.6) is 5.75 Å². The number of carbonyl (C=O) groups is 1. The number of ether oxygens (including phenoxy) is 1. The van der Waals surface area contributed by atoms with Gasteiger partial charge in [0.2, 0.25) is 0 Å². The normalized spacial score (nSPS) is 11.9. The molecule has 0 aliphatic rings. The molecule has 0 saturated heterocycles. The number of carbonyl (C=O) groups excluding carboxylic acids is 1. The van der Waals surface area contributed by atoms with Gasteiger partial charge in [-0.25, -0.2) is 0 Å². The van der Waals surface area contributed by atoms with Crippen LogP contribution in [0.4, 0.5) is 5.82 Å². The summed E-state index contributed by atoms with van der Waals surface area (Å²) in [5, 5.41) is 15.8. The fraction of sp³-hybridized carbons (Fsp3) is 0.286. The average Bonchev–Trinajstić information content (AvgIpc) is 2.84. The standard InChI is InChI=1S/C14H17N3O3/c1-10(9-18)20-12-6-4-3-5-11(12)14(19)15-13-7-8-17(2)16-13/h3-8,10,18H,9H2,1-2H3,(H,15,16,19)/t10-/m0/s1. The van der Waals surface area contributed by atoms with Gasteiger partial charge in [-0.3, -0.25) is 9.48 Å². The third kappa shape index (κ3) is 3.36. The van der Waals surface area contributed by atoms with E-state index in [1.807, 2.05) is 0 Å². The van der Waals surface area contributed by atoms with E-state index in [0.29, 0.717) is 17.1 Å². The van der Waals surface area contributed by atoms with E-state index < -0.39 is 0 Å². The first-order valence-electron chi connectivity index (χ1n) is 6.27. The number of aliphatic hydroxyl groups is 1. The number of nitrogens with zero attached hydrogens (tertiary/aromatic N) is 2. The number of para-hydroxylation sites is 1. The Bertz CT molecular complexity index is 595. The Kier molecular flexibility index (Phi) is 4.37. The molecule has 1 aromatic carbocycles. The number of benzene rings is 1. The van der Waals surface area contributed by atoms with Gasteiger partial charge in [0.25, 0.3) is 5.91 Å². The van der Waals surface area contributed by atoms with Gasteiger partial charge in [-0.15, -0.1) is 0 Å². The van der Waals surface area contributed by atoms with Crippen LogP contribution in [0.15, 0.2) is 36.5 Å². The zero-order valence-electron chi connectivity index (χ0n) is 11.4. The molecule has 0 radical (unpaired) electrons. The molecule has 0 bridgehead atoms. The summed E-state index contributed by atoms with van der Waals surface area (Å²) in [7, 11) is 1.77. The maximum atomic E-state index is 12.2. The quantitative estimate of drug-likeness (QED) is 0.865. The summed E-state index contributed by atoms with van der Waals surface area (Å²) in [5.74, 6) is 0.606. The molecular weight excluding hydrogens is 258 g/mol. The summed E-state index contributed by atoms with van der Waals surface area (Å²) in [6, 6.07) is 8.59.